The van der Waals surface area contributed by atoms with Crippen molar-refractivity contribution in [1.82, 2.24) is 10.3 Å². The number of carbonyl (C=O) groups excluding carboxylic acids is 1. The molecule has 0 spiro atoms. The van der Waals surface area contributed by atoms with Crippen LogP contribution in [0.2, 0.25) is 10.0 Å². The Morgan fingerprint density at radius 1 is 1.32 bits per heavy atom. The Balaban J connectivity index is 1.98. The average molecular weight is 337 g/mol. The van der Waals surface area contributed by atoms with Crippen molar-refractivity contribution in [3.05, 3.63) is 58.2 Å². The molecule has 0 aliphatic heterocycles. The van der Waals surface area contributed by atoms with Crippen LogP contribution in [0.5, 0.6) is 11.6 Å². The number of hydrogen-bond acceptors (Lipinski definition) is 3. The Labute approximate surface area is 138 Å². The molecule has 0 radical (unpaired) electrons. The number of aromatic nitrogens is 1. The number of amides is 1. The monoisotopic (exact) mass is 336 g/mol. The van der Waals surface area contributed by atoms with E-state index in [4.69, 9.17) is 27.9 Å². The van der Waals surface area contributed by atoms with E-state index >= 15 is 0 Å². The molecule has 0 saturated carbocycles. The molecule has 0 unspecified atom stereocenters. The Bertz CT molecular complexity index is 685. The van der Waals surface area contributed by atoms with Crippen molar-refractivity contribution in [3.8, 4) is 11.6 Å². The number of rotatable bonds is 5. The van der Waals surface area contributed by atoms with E-state index < -0.39 is 0 Å². The third kappa shape index (κ3) is 5.06. The Kier molecular flexibility index (Phi) is 5.81. The highest BCUT2D eigenvalue weighted by molar-refractivity contribution is 6.35. The number of ether oxygens (including phenoxy) is 1. The van der Waals surface area contributed by atoms with E-state index in [9.17, 15) is 4.79 Å². The summed E-state index contributed by atoms with van der Waals surface area (Å²) in [6.45, 7) is 1.96. The molecular weight excluding hydrogens is 323 g/mol. The minimum absolute atomic E-state index is 0.0635. The van der Waals surface area contributed by atoms with Gasteiger partial charge in [-0.05, 0) is 29.8 Å². The van der Waals surface area contributed by atoms with Gasteiger partial charge < -0.3 is 10.1 Å². The van der Waals surface area contributed by atoms with Gasteiger partial charge in [0, 0.05) is 30.8 Å². The molecule has 0 bridgehead atoms. The van der Waals surface area contributed by atoms with Gasteiger partial charge in [0.25, 0.3) is 0 Å². The van der Waals surface area contributed by atoms with Crippen LogP contribution in [0, 0.1) is 0 Å². The third-order valence-electron chi connectivity index (χ3n) is 2.65. The summed E-state index contributed by atoms with van der Waals surface area (Å²) in [7, 11) is 0. The largest absolute Gasteiger partial charge is 0.437 e. The van der Waals surface area contributed by atoms with E-state index in [0.717, 1.165) is 5.56 Å². The molecule has 1 N–H and O–H groups in total. The van der Waals surface area contributed by atoms with E-state index in [1.807, 2.05) is 18.2 Å². The molecule has 22 heavy (non-hydrogen) atoms. The smallest absolute Gasteiger partial charge is 0.219 e. The maximum absolute atomic E-state index is 10.7. The van der Waals surface area contributed by atoms with Gasteiger partial charge in [-0.15, -0.1) is 0 Å². The van der Waals surface area contributed by atoms with Crippen LogP contribution in [0.3, 0.4) is 0 Å². The SMILES string of the molecule is CC(=O)NC/C=C/c1ccc(Oc2ccc(Cl)cc2Cl)nc1. The number of nitrogens with one attached hydrogen (secondary N) is 1. The fraction of sp³-hybridized carbons (Fsp3) is 0.125. The summed E-state index contributed by atoms with van der Waals surface area (Å²) in [6, 6.07) is 8.59. The molecule has 4 nitrogen and oxygen atoms in total. The molecule has 1 aromatic carbocycles. The summed E-state index contributed by atoms with van der Waals surface area (Å²) >= 11 is 11.9. The zero-order valence-corrected chi connectivity index (χ0v) is 13.4. The molecule has 0 aliphatic rings. The topological polar surface area (TPSA) is 51.2 Å². The maximum Gasteiger partial charge on any atom is 0.219 e. The molecular formula is C16H14Cl2N2O2. The zero-order chi connectivity index (χ0) is 15.9. The van der Waals surface area contributed by atoms with E-state index in [0.29, 0.717) is 28.2 Å². The van der Waals surface area contributed by atoms with Crippen LogP contribution >= 0.6 is 23.2 Å². The van der Waals surface area contributed by atoms with Crippen LogP contribution in [0.25, 0.3) is 6.08 Å². The van der Waals surface area contributed by atoms with Crippen molar-refractivity contribution in [1.29, 1.82) is 0 Å². The molecule has 0 fully saturated rings. The van der Waals surface area contributed by atoms with Crippen LogP contribution in [-0.2, 0) is 4.79 Å². The summed E-state index contributed by atoms with van der Waals surface area (Å²) in [5.74, 6) is 0.863. The molecule has 114 valence electrons. The molecule has 6 heteroatoms. The quantitative estimate of drug-likeness (QED) is 0.883. The van der Waals surface area contributed by atoms with E-state index in [-0.39, 0.29) is 5.91 Å². The molecule has 1 amide bonds. The predicted molar refractivity (Wildman–Crippen MR) is 88.5 cm³/mol. The van der Waals surface area contributed by atoms with E-state index in [1.54, 1.807) is 30.5 Å². The summed E-state index contributed by atoms with van der Waals surface area (Å²) in [5.41, 5.74) is 0.903. The summed E-state index contributed by atoms with van der Waals surface area (Å²) < 4.78 is 5.59. The first-order valence-electron chi connectivity index (χ1n) is 6.54. The number of nitrogens with zero attached hydrogens (tertiary/aromatic N) is 1. The second-order valence-electron chi connectivity index (χ2n) is 4.45. The van der Waals surface area contributed by atoms with Gasteiger partial charge in [0.15, 0.2) is 0 Å². The number of halogens is 2. The van der Waals surface area contributed by atoms with Crippen LogP contribution in [-0.4, -0.2) is 17.4 Å². The molecule has 0 atom stereocenters. The lowest BCUT2D eigenvalue weighted by Crippen LogP contribution is -2.19. The molecule has 2 aromatic rings. The predicted octanol–water partition coefficient (Wildman–Crippen LogP) is 4.33. The lowest BCUT2D eigenvalue weighted by atomic mass is 10.2. The standard InChI is InChI=1S/C16H14Cl2N2O2/c1-11(21)19-8-2-3-12-4-7-16(20-10-12)22-15-6-5-13(17)9-14(15)18/h2-7,9-10H,8H2,1H3,(H,19,21)/b3-2+. The highest BCUT2D eigenvalue weighted by Crippen LogP contribution is 2.30. The van der Waals surface area contributed by atoms with Gasteiger partial charge in [0.1, 0.15) is 5.75 Å². The van der Waals surface area contributed by atoms with Crippen LogP contribution in [0.4, 0.5) is 0 Å². The van der Waals surface area contributed by atoms with Gasteiger partial charge in [0.05, 0.1) is 5.02 Å². The van der Waals surface area contributed by atoms with Crippen LogP contribution < -0.4 is 10.1 Å². The van der Waals surface area contributed by atoms with Gasteiger partial charge in [-0.1, -0.05) is 35.4 Å². The summed E-state index contributed by atoms with van der Waals surface area (Å²) in [5, 5.41) is 3.65. The highest BCUT2D eigenvalue weighted by atomic mass is 35.5. The van der Waals surface area contributed by atoms with Gasteiger partial charge in [-0.3, -0.25) is 4.79 Å². The zero-order valence-electron chi connectivity index (χ0n) is 11.8. The first kappa shape index (κ1) is 16.3. The first-order valence-corrected chi connectivity index (χ1v) is 7.30. The van der Waals surface area contributed by atoms with Crippen molar-refractivity contribution >= 4 is 35.2 Å². The third-order valence-corrected chi connectivity index (χ3v) is 3.18. The van der Waals surface area contributed by atoms with Crippen molar-refractivity contribution < 1.29 is 9.53 Å². The van der Waals surface area contributed by atoms with Crippen molar-refractivity contribution in [2.75, 3.05) is 6.54 Å². The minimum Gasteiger partial charge on any atom is -0.437 e. The van der Waals surface area contributed by atoms with Crippen LogP contribution in [0.15, 0.2) is 42.6 Å². The minimum atomic E-state index is -0.0635. The van der Waals surface area contributed by atoms with E-state index in [2.05, 4.69) is 10.3 Å². The normalized spacial score (nSPS) is 10.7. The number of carbonyl (C=O) groups is 1. The molecule has 1 heterocycles. The maximum atomic E-state index is 10.7. The molecule has 1 aromatic heterocycles. The molecule has 0 aliphatic carbocycles. The summed E-state index contributed by atoms with van der Waals surface area (Å²) in [6.07, 6.45) is 5.38. The van der Waals surface area contributed by atoms with Crippen molar-refractivity contribution in [3.63, 3.8) is 0 Å². The van der Waals surface area contributed by atoms with Gasteiger partial charge in [0.2, 0.25) is 11.8 Å². The number of benzene rings is 1. The fourth-order valence-corrected chi connectivity index (χ4v) is 2.07. The Morgan fingerprint density at radius 3 is 2.77 bits per heavy atom. The second-order valence-corrected chi connectivity index (χ2v) is 5.29. The molecule has 0 saturated heterocycles. The molecule has 2 rings (SSSR count). The Hall–Kier alpha value is -2.04. The van der Waals surface area contributed by atoms with Gasteiger partial charge in [-0.2, -0.15) is 0 Å². The first-order chi connectivity index (χ1) is 10.5. The van der Waals surface area contributed by atoms with Gasteiger partial charge >= 0.3 is 0 Å². The van der Waals surface area contributed by atoms with Crippen LogP contribution in [0.1, 0.15) is 12.5 Å². The summed E-state index contributed by atoms with van der Waals surface area (Å²) in [4.78, 5) is 14.9. The number of hydrogen-bond donors (Lipinski definition) is 1. The highest BCUT2D eigenvalue weighted by Gasteiger charge is 2.04. The van der Waals surface area contributed by atoms with Gasteiger partial charge in [-0.25, -0.2) is 4.98 Å². The lowest BCUT2D eigenvalue weighted by Gasteiger charge is -2.06. The van der Waals surface area contributed by atoms with E-state index in [1.165, 1.54) is 6.92 Å². The van der Waals surface area contributed by atoms with Crippen molar-refractivity contribution in [2.45, 2.75) is 6.92 Å². The Morgan fingerprint density at radius 2 is 2.14 bits per heavy atom. The van der Waals surface area contributed by atoms with Crippen molar-refractivity contribution in [2.24, 2.45) is 0 Å². The lowest BCUT2D eigenvalue weighted by molar-refractivity contribution is -0.118. The second kappa shape index (κ2) is 7.82. The average Bonchev–Trinajstić information content (AvgIpc) is 2.48. The number of pyridine rings is 1. The fourth-order valence-electron chi connectivity index (χ4n) is 1.62.